The molecule has 18 heavy (non-hydrogen) atoms. The number of hydrogen-bond acceptors (Lipinski definition) is 5. The van der Waals surface area contributed by atoms with Crippen molar-refractivity contribution >= 4 is 21.6 Å². The van der Waals surface area contributed by atoms with E-state index < -0.39 is 4.92 Å². The van der Waals surface area contributed by atoms with Crippen LogP contribution in [0.4, 0.5) is 5.69 Å². The van der Waals surface area contributed by atoms with E-state index in [1.807, 2.05) is 0 Å². The van der Waals surface area contributed by atoms with Gasteiger partial charge >= 0.3 is 0 Å². The second-order valence-corrected chi connectivity index (χ2v) is 4.62. The first-order chi connectivity index (χ1) is 8.49. The van der Waals surface area contributed by atoms with E-state index in [-0.39, 0.29) is 11.7 Å². The van der Waals surface area contributed by atoms with Crippen LogP contribution in [0.2, 0.25) is 0 Å². The highest BCUT2D eigenvalue weighted by Gasteiger charge is 2.12. The van der Waals surface area contributed by atoms with Gasteiger partial charge in [0.05, 0.1) is 27.0 Å². The molecule has 0 aliphatic carbocycles. The van der Waals surface area contributed by atoms with Crippen LogP contribution in [0.15, 0.2) is 28.9 Å². The standard InChI is InChI=1S/C10H10BrN5O2/c1-6(12)9-5-15(14-13-9)10-3-2-7(16(17)18)4-8(10)11/h2-6H,12H2,1H3. The van der Waals surface area contributed by atoms with Gasteiger partial charge in [-0.3, -0.25) is 10.1 Å². The van der Waals surface area contributed by atoms with Crippen molar-refractivity contribution < 1.29 is 4.92 Å². The van der Waals surface area contributed by atoms with Crippen LogP contribution in [-0.2, 0) is 0 Å². The zero-order chi connectivity index (χ0) is 13.3. The summed E-state index contributed by atoms with van der Waals surface area (Å²) in [5.74, 6) is 0. The van der Waals surface area contributed by atoms with E-state index in [1.165, 1.54) is 16.8 Å². The van der Waals surface area contributed by atoms with Gasteiger partial charge in [-0.05, 0) is 28.9 Å². The first-order valence-corrected chi connectivity index (χ1v) is 5.90. The number of non-ortho nitro benzene ring substituents is 1. The average Bonchev–Trinajstić information content (AvgIpc) is 2.78. The smallest absolute Gasteiger partial charge is 0.270 e. The van der Waals surface area contributed by atoms with Gasteiger partial charge in [-0.15, -0.1) is 5.10 Å². The Hall–Kier alpha value is -1.80. The van der Waals surface area contributed by atoms with Crippen LogP contribution in [0, 0.1) is 10.1 Å². The summed E-state index contributed by atoms with van der Waals surface area (Å²) in [5, 5.41) is 18.5. The minimum Gasteiger partial charge on any atom is -0.323 e. The van der Waals surface area contributed by atoms with Crippen LogP contribution >= 0.6 is 15.9 Å². The number of halogens is 1. The lowest BCUT2D eigenvalue weighted by Crippen LogP contribution is -2.04. The lowest BCUT2D eigenvalue weighted by Gasteiger charge is -2.03. The largest absolute Gasteiger partial charge is 0.323 e. The molecule has 2 rings (SSSR count). The summed E-state index contributed by atoms with van der Waals surface area (Å²) < 4.78 is 2.09. The van der Waals surface area contributed by atoms with Crippen LogP contribution in [-0.4, -0.2) is 19.9 Å². The van der Waals surface area contributed by atoms with Crippen LogP contribution in [0.25, 0.3) is 5.69 Å². The first kappa shape index (κ1) is 12.7. The molecule has 0 bridgehead atoms. The minimum atomic E-state index is -0.455. The van der Waals surface area contributed by atoms with Crippen molar-refractivity contribution in [3.8, 4) is 5.69 Å². The van der Waals surface area contributed by atoms with Crippen LogP contribution < -0.4 is 5.73 Å². The Balaban J connectivity index is 2.41. The number of nitrogens with two attached hydrogens (primary N) is 1. The van der Waals surface area contributed by atoms with Crippen molar-refractivity contribution in [3.05, 3.63) is 44.7 Å². The summed E-state index contributed by atoms with van der Waals surface area (Å²) in [6.45, 7) is 1.80. The highest BCUT2D eigenvalue weighted by Crippen LogP contribution is 2.25. The number of nitrogens with zero attached hydrogens (tertiary/aromatic N) is 4. The van der Waals surface area contributed by atoms with Gasteiger partial charge in [0, 0.05) is 18.2 Å². The summed E-state index contributed by atoms with van der Waals surface area (Å²) in [6, 6.07) is 4.22. The lowest BCUT2D eigenvalue weighted by atomic mass is 10.2. The van der Waals surface area contributed by atoms with Gasteiger partial charge in [-0.25, -0.2) is 4.68 Å². The molecular weight excluding hydrogens is 302 g/mol. The van der Waals surface area contributed by atoms with Crippen molar-refractivity contribution in [1.82, 2.24) is 15.0 Å². The average molecular weight is 312 g/mol. The fraction of sp³-hybridized carbons (Fsp3) is 0.200. The van der Waals surface area contributed by atoms with Crippen LogP contribution in [0.3, 0.4) is 0 Å². The third-order valence-electron chi connectivity index (χ3n) is 2.37. The molecule has 1 heterocycles. The Labute approximate surface area is 111 Å². The van der Waals surface area contributed by atoms with Gasteiger partial charge in [0.15, 0.2) is 0 Å². The molecule has 2 N–H and O–H groups in total. The predicted molar refractivity (Wildman–Crippen MR) is 68.3 cm³/mol. The van der Waals surface area contributed by atoms with Gasteiger partial charge in [0.1, 0.15) is 0 Å². The summed E-state index contributed by atoms with van der Waals surface area (Å²) in [6.07, 6.45) is 1.69. The zero-order valence-electron chi connectivity index (χ0n) is 9.45. The topological polar surface area (TPSA) is 99.9 Å². The Morgan fingerprint density at radius 1 is 1.56 bits per heavy atom. The normalized spacial score (nSPS) is 12.4. The van der Waals surface area contributed by atoms with E-state index in [4.69, 9.17) is 5.73 Å². The highest BCUT2D eigenvalue weighted by atomic mass is 79.9. The summed E-state index contributed by atoms with van der Waals surface area (Å²) >= 11 is 3.27. The second-order valence-electron chi connectivity index (χ2n) is 3.77. The Kier molecular flexibility index (Phi) is 3.39. The lowest BCUT2D eigenvalue weighted by molar-refractivity contribution is -0.384. The summed E-state index contributed by atoms with van der Waals surface area (Å²) in [5.41, 5.74) is 7.02. The number of nitro benzene ring substituents is 1. The van der Waals surface area contributed by atoms with E-state index in [0.717, 1.165) is 0 Å². The van der Waals surface area contributed by atoms with Crippen molar-refractivity contribution in [2.75, 3.05) is 0 Å². The summed E-state index contributed by atoms with van der Waals surface area (Å²) in [7, 11) is 0. The first-order valence-electron chi connectivity index (χ1n) is 5.11. The van der Waals surface area contributed by atoms with E-state index in [9.17, 15) is 10.1 Å². The monoisotopic (exact) mass is 311 g/mol. The third kappa shape index (κ3) is 2.39. The molecule has 0 saturated heterocycles. The Bertz CT molecular complexity index is 596. The molecule has 1 aromatic carbocycles. The van der Waals surface area contributed by atoms with E-state index in [2.05, 4.69) is 26.2 Å². The molecule has 1 unspecified atom stereocenters. The predicted octanol–water partition coefficient (Wildman–Crippen LogP) is 1.96. The molecule has 0 spiro atoms. The summed E-state index contributed by atoms with van der Waals surface area (Å²) in [4.78, 5) is 10.2. The van der Waals surface area contributed by atoms with Crippen molar-refractivity contribution in [1.29, 1.82) is 0 Å². The molecule has 94 valence electrons. The number of rotatable bonds is 3. The maximum Gasteiger partial charge on any atom is 0.270 e. The molecule has 7 nitrogen and oxygen atoms in total. The molecule has 0 fully saturated rings. The minimum absolute atomic E-state index is 0.0122. The second kappa shape index (κ2) is 4.83. The van der Waals surface area contributed by atoms with Gasteiger partial charge in [0.2, 0.25) is 0 Å². The van der Waals surface area contributed by atoms with Gasteiger partial charge in [-0.2, -0.15) is 0 Å². The van der Waals surface area contributed by atoms with Crippen molar-refractivity contribution in [2.24, 2.45) is 5.73 Å². The van der Waals surface area contributed by atoms with Crippen LogP contribution in [0.5, 0.6) is 0 Å². The fourth-order valence-electron chi connectivity index (χ4n) is 1.40. The van der Waals surface area contributed by atoms with Crippen molar-refractivity contribution in [3.63, 3.8) is 0 Å². The Morgan fingerprint density at radius 2 is 2.28 bits per heavy atom. The number of hydrogen-bond donors (Lipinski definition) is 1. The van der Waals surface area contributed by atoms with Gasteiger partial charge < -0.3 is 5.73 Å². The maximum absolute atomic E-state index is 10.6. The molecule has 8 heteroatoms. The molecule has 0 aliphatic rings. The Morgan fingerprint density at radius 3 is 2.78 bits per heavy atom. The SMILES string of the molecule is CC(N)c1cn(-c2ccc([N+](=O)[O-])cc2Br)nn1. The molecule has 1 atom stereocenters. The quantitative estimate of drug-likeness (QED) is 0.690. The highest BCUT2D eigenvalue weighted by molar-refractivity contribution is 9.10. The van der Waals surface area contributed by atoms with E-state index in [1.54, 1.807) is 19.2 Å². The number of aromatic nitrogens is 3. The fourth-order valence-corrected chi connectivity index (χ4v) is 1.95. The maximum atomic E-state index is 10.6. The number of nitro groups is 1. The molecule has 0 aliphatic heterocycles. The van der Waals surface area contributed by atoms with Crippen LogP contribution in [0.1, 0.15) is 18.7 Å². The van der Waals surface area contributed by atoms with Crippen molar-refractivity contribution in [2.45, 2.75) is 13.0 Å². The molecular formula is C10H10BrN5O2. The molecule has 0 radical (unpaired) electrons. The molecule has 1 aromatic heterocycles. The molecule has 2 aromatic rings. The number of benzene rings is 1. The molecule has 0 amide bonds. The van der Waals surface area contributed by atoms with Gasteiger partial charge in [0.25, 0.3) is 5.69 Å². The van der Waals surface area contributed by atoms with Gasteiger partial charge in [-0.1, -0.05) is 5.21 Å². The third-order valence-corrected chi connectivity index (χ3v) is 3.00. The van der Waals surface area contributed by atoms with E-state index in [0.29, 0.717) is 15.9 Å². The molecule has 0 saturated carbocycles. The zero-order valence-corrected chi connectivity index (χ0v) is 11.0. The van der Waals surface area contributed by atoms with E-state index >= 15 is 0 Å².